The molecule has 19 heavy (non-hydrogen) atoms. The summed E-state index contributed by atoms with van der Waals surface area (Å²) in [5.74, 6) is 1.63. The number of hydrogen-bond donors (Lipinski definition) is 2. The Labute approximate surface area is 119 Å². The second-order valence-electron chi connectivity index (χ2n) is 4.06. The molecule has 3 rings (SSSR count). The van der Waals surface area contributed by atoms with Crippen LogP contribution in [0, 0.1) is 0 Å². The van der Waals surface area contributed by atoms with Crippen molar-refractivity contribution in [3.63, 3.8) is 0 Å². The number of pyridine rings is 1. The van der Waals surface area contributed by atoms with Crippen LogP contribution in [0.5, 0.6) is 0 Å². The van der Waals surface area contributed by atoms with Crippen LogP contribution in [-0.2, 0) is 5.75 Å². The summed E-state index contributed by atoms with van der Waals surface area (Å²) in [4.78, 5) is 12.0. The van der Waals surface area contributed by atoms with Crippen molar-refractivity contribution >= 4 is 40.1 Å². The van der Waals surface area contributed by atoms with Gasteiger partial charge in [0.15, 0.2) is 0 Å². The molecule has 2 aromatic heterocycles. The molecule has 0 saturated carbocycles. The summed E-state index contributed by atoms with van der Waals surface area (Å²) in [6.07, 6.45) is 1.64. The fourth-order valence-corrected chi connectivity index (χ4v) is 2.56. The molecule has 0 spiro atoms. The Kier molecular flexibility index (Phi) is 3.31. The minimum atomic E-state index is 0.642. The van der Waals surface area contributed by atoms with E-state index in [0.29, 0.717) is 5.02 Å². The minimum Gasteiger partial charge on any atom is -0.399 e. The highest BCUT2D eigenvalue weighted by Crippen LogP contribution is 2.22. The highest BCUT2D eigenvalue weighted by atomic mass is 35.5. The van der Waals surface area contributed by atoms with Crippen LogP contribution in [0.25, 0.3) is 11.0 Å². The maximum absolute atomic E-state index is 5.79. The van der Waals surface area contributed by atoms with Crippen LogP contribution in [0.4, 0.5) is 5.69 Å². The molecule has 1 aromatic carbocycles. The van der Waals surface area contributed by atoms with E-state index in [1.165, 1.54) is 0 Å². The Morgan fingerprint density at radius 1 is 1.26 bits per heavy atom. The zero-order valence-electron chi connectivity index (χ0n) is 9.93. The van der Waals surface area contributed by atoms with Crippen molar-refractivity contribution in [3.8, 4) is 0 Å². The number of nitrogen functional groups attached to an aromatic ring is 1. The van der Waals surface area contributed by atoms with Gasteiger partial charge in [0.05, 0.1) is 26.8 Å². The molecule has 0 bridgehead atoms. The molecule has 6 heteroatoms. The number of nitrogens with one attached hydrogen (secondary N) is 1. The number of nitrogens with zero attached hydrogens (tertiary/aromatic N) is 2. The predicted octanol–water partition coefficient (Wildman–Crippen LogP) is 3.49. The van der Waals surface area contributed by atoms with Gasteiger partial charge in [0, 0.05) is 11.9 Å². The van der Waals surface area contributed by atoms with Crippen LogP contribution in [0.1, 0.15) is 5.82 Å². The van der Waals surface area contributed by atoms with E-state index in [4.69, 9.17) is 17.3 Å². The van der Waals surface area contributed by atoms with Crippen LogP contribution >= 0.6 is 23.4 Å². The maximum atomic E-state index is 5.79. The smallest absolute Gasteiger partial charge is 0.117 e. The van der Waals surface area contributed by atoms with Crippen LogP contribution < -0.4 is 5.73 Å². The predicted molar refractivity (Wildman–Crippen MR) is 79.3 cm³/mol. The Hall–Kier alpha value is -1.72. The molecule has 3 N–H and O–H groups in total. The number of hydrogen-bond acceptors (Lipinski definition) is 4. The zero-order chi connectivity index (χ0) is 13.2. The van der Waals surface area contributed by atoms with Crippen molar-refractivity contribution in [2.75, 3.05) is 5.73 Å². The van der Waals surface area contributed by atoms with Gasteiger partial charge < -0.3 is 10.7 Å². The number of H-pyrrole nitrogens is 1. The van der Waals surface area contributed by atoms with E-state index >= 15 is 0 Å². The van der Waals surface area contributed by atoms with Crippen molar-refractivity contribution in [1.82, 2.24) is 15.0 Å². The quantitative estimate of drug-likeness (QED) is 0.572. The van der Waals surface area contributed by atoms with E-state index in [9.17, 15) is 0 Å². The van der Waals surface area contributed by atoms with Crippen molar-refractivity contribution in [2.24, 2.45) is 0 Å². The van der Waals surface area contributed by atoms with E-state index < -0.39 is 0 Å². The second kappa shape index (κ2) is 5.11. The molecule has 0 aliphatic heterocycles. The van der Waals surface area contributed by atoms with Crippen LogP contribution in [0.3, 0.4) is 0 Å². The summed E-state index contributed by atoms with van der Waals surface area (Å²) >= 11 is 7.40. The molecule has 0 atom stereocenters. The average molecular weight is 291 g/mol. The summed E-state index contributed by atoms with van der Waals surface area (Å²) in [6.45, 7) is 0. The van der Waals surface area contributed by atoms with E-state index in [1.54, 1.807) is 18.0 Å². The first-order valence-electron chi connectivity index (χ1n) is 5.69. The monoisotopic (exact) mass is 290 g/mol. The molecule has 3 aromatic rings. The number of aromatic nitrogens is 3. The molecule has 0 radical (unpaired) electrons. The van der Waals surface area contributed by atoms with E-state index in [0.717, 1.165) is 33.3 Å². The standard InChI is InChI=1S/C13H11ClN4S/c14-8-1-4-13(16-6-8)19-7-12-17-10-3-2-9(15)5-11(10)18-12/h1-6H,7,15H2,(H,17,18). The molecule has 0 aliphatic rings. The number of anilines is 1. The number of halogens is 1. The minimum absolute atomic E-state index is 0.642. The SMILES string of the molecule is Nc1ccc2nc(CSc3ccc(Cl)cn3)[nH]c2c1. The first-order valence-corrected chi connectivity index (χ1v) is 7.05. The molecular weight excluding hydrogens is 280 g/mol. The Balaban J connectivity index is 1.76. The van der Waals surface area contributed by atoms with Gasteiger partial charge >= 0.3 is 0 Å². The van der Waals surface area contributed by atoms with Gasteiger partial charge in [0.25, 0.3) is 0 Å². The fraction of sp³-hybridized carbons (Fsp3) is 0.0769. The van der Waals surface area contributed by atoms with Crippen molar-refractivity contribution in [3.05, 3.63) is 47.4 Å². The summed E-state index contributed by atoms with van der Waals surface area (Å²) in [7, 11) is 0. The van der Waals surface area contributed by atoms with Crippen molar-refractivity contribution in [1.29, 1.82) is 0 Å². The first kappa shape index (κ1) is 12.3. The van der Waals surface area contributed by atoms with E-state index in [1.807, 2.05) is 30.3 Å². The van der Waals surface area contributed by atoms with Gasteiger partial charge in [-0.05, 0) is 30.3 Å². The van der Waals surface area contributed by atoms with Crippen LogP contribution in [-0.4, -0.2) is 15.0 Å². The van der Waals surface area contributed by atoms with E-state index in [2.05, 4.69) is 15.0 Å². The number of imidazole rings is 1. The summed E-state index contributed by atoms with van der Waals surface area (Å²) in [5.41, 5.74) is 8.35. The summed E-state index contributed by atoms with van der Waals surface area (Å²) in [6, 6.07) is 9.37. The Morgan fingerprint density at radius 2 is 2.16 bits per heavy atom. The Bertz CT molecular complexity index is 708. The lowest BCUT2D eigenvalue weighted by molar-refractivity contribution is 1.10. The molecule has 2 heterocycles. The van der Waals surface area contributed by atoms with Gasteiger partial charge in [-0.25, -0.2) is 9.97 Å². The summed E-state index contributed by atoms with van der Waals surface area (Å²) < 4.78 is 0. The second-order valence-corrected chi connectivity index (χ2v) is 5.50. The molecule has 0 saturated heterocycles. The van der Waals surface area contributed by atoms with Crippen molar-refractivity contribution < 1.29 is 0 Å². The number of benzene rings is 1. The van der Waals surface area contributed by atoms with E-state index in [-0.39, 0.29) is 0 Å². The normalized spacial score (nSPS) is 11.0. The maximum Gasteiger partial charge on any atom is 0.117 e. The largest absolute Gasteiger partial charge is 0.399 e. The van der Waals surface area contributed by atoms with Gasteiger partial charge in [-0.3, -0.25) is 0 Å². The zero-order valence-corrected chi connectivity index (χ0v) is 11.5. The average Bonchev–Trinajstić information content (AvgIpc) is 2.80. The molecule has 96 valence electrons. The molecule has 0 aliphatic carbocycles. The third-order valence-corrected chi connectivity index (χ3v) is 3.79. The first-order chi connectivity index (χ1) is 9.20. The third kappa shape index (κ3) is 2.83. The Morgan fingerprint density at radius 3 is 2.95 bits per heavy atom. The lowest BCUT2D eigenvalue weighted by atomic mass is 10.3. The van der Waals surface area contributed by atoms with Gasteiger partial charge in [-0.1, -0.05) is 23.4 Å². The molecule has 0 fully saturated rings. The molecule has 0 unspecified atom stereocenters. The lowest BCUT2D eigenvalue weighted by Crippen LogP contribution is -1.85. The van der Waals surface area contributed by atoms with Gasteiger partial charge in [-0.2, -0.15) is 0 Å². The number of nitrogens with two attached hydrogens (primary N) is 1. The van der Waals surface area contributed by atoms with Crippen LogP contribution in [0.15, 0.2) is 41.6 Å². The number of thioether (sulfide) groups is 1. The number of aromatic amines is 1. The van der Waals surface area contributed by atoms with Gasteiger partial charge in [-0.15, -0.1) is 0 Å². The van der Waals surface area contributed by atoms with Gasteiger partial charge in [0.2, 0.25) is 0 Å². The highest BCUT2D eigenvalue weighted by molar-refractivity contribution is 7.98. The van der Waals surface area contributed by atoms with Gasteiger partial charge in [0.1, 0.15) is 5.82 Å². The highest BCUT2D eigenvalue weighted by Gasteiger charge is 2.04. The summed E-state index contributed by atoms with van der Waals surface area (Å²) in [5, 5.41) is 1.56. The number of rotatable bonds is 3. The van der Waals surface area contributed by atoms with Crippen molar-refractivity contribution in [2.45, 2.75) is 10.8 Å². The van der Waals surface area contributed by atoms with Crippen LogP contribution in [0.2, 0.25) is 5.02 Å². The number of fused-ring (bicyclic) bond motifs is 1. The lowest BCUT2D eigenvalue weighted by Gasteiger charge is -1.98. The topological polar surface area (TPSA) is 67.6 Å². The molecule has 4 nitrogen and oxygen atoms in total. The fourth-order valence-electron chi connectivity index (χ4n) is 1.74. The molecular formula is C13H11ClN4S. The third-order valence-electron chi connectivity index (χ3n) is 2.61. The molecule has 0 amide bonds.